The van der Waals surface area contributed by atoms with Gasteiger partial charge in [-0.1, -0.05) is 30.3 Å². The molecule has 0 atom stereocenters. The van der Waals surface area contributed by atoms with Crippen molar-refractivity contribution in [3.05, 3.63) is 35.9 Å². The first-order valence-electron chi connectivity index (χ1n) is 4.47. The van der Waals surface area contributed by atoms with Crippen LogP contribution < -0.4 is 10.8 Å². The van der Waals surface area contributed by atoms with Gasteiger partial charge in [-0.2, -0.15) is 0 Å². The molecule has 0 saturated heterocycles. The van der Waals surface area contributed by atoms with E-state index in [0.717, 1.165) is 13.2 Å². The standard InChI is InChI=1S/C9H13NO.CH2O3/c10-6-7-11-8-9-4-2-1-3-5-9;2-1(3)4/h1-5H,6-8,10H2;(H2,2,3,4). The van der Waals surface area contributed by atoms with Crippen molar-refractivity contribution in [2.24, 2.45) is 0 Å². The van der Waals surface area contributed by atoms with Crippen LogP contribution in [0.5, 0.6) is 0 Å². The summed E-state index contributed by atoms with van der Waals surface area (Å²) in [4.78, 5) is 8.44. The maximum atomic E-state index is 8.44. The molecule has 15 heavy (non-hydrogen) atoms. The van der Waals surface area contributed by atoms with E-state index in [2.05, 4.69) is 17.9 Å². The molecular formula is C10H15NO4. The highest BCUT2D eigenvalue weighted by atomic mass is 16.6. The smallest absolute Gasteiger partial charge is 0.249 e. The predicted octanol–water partition coefficient (Wildman–Crippen LogP) is -0.667. The van der Waals surface area contributed by atoms with Crippen LogP contribution in [0.3, 0.4) is 0 Å². The Morgan fingerprint density at radius 1 is 1.40 bits per heavy atom. The molecule has 1 rings (SSSR count). The van der Waals surface area contributed by atoms with Gasteiger partial charge in [0.2, 0.25) is 6.16 Å². The second kappa shape index (κ2) is 8.98. The van der Waals surface area contributed by atoms with Crippen LogP contribution in [0.15, 0.2) is 30.3 Å². The van der Waals surface area contributed by atoms with E-state index in [-0.39, 0.29) is 0 Å². The topological polar surface area (TPSA) is 97.2 Å². The molecule has 0 aromatic heterocycles. The van der Waals surface area contributed by atoms with Crippen molar-refractivity contribution < 1.29 is 25.5 Å². The highest BCUT2D eigenvalue weighted by Gasteiger charge is 1.89. The lowest BCUT2D eigenvalue weighted by atomic mass is 10.2. The van der Waals surface area contributed by atoms with Crippen molar-refractivity contribution in [2.75, 3.05) is 13.2 Å². The number of carboxylic acid groups (broad SMARTS) is 2. The lowest BCUT2D eigenvalue weighted by molar-refractivity contribution is -0.374. The fourth-order valence-electron chi connectivity index (χ4n) is 0.866. The van der Waals surface area contributed by atoms with Gasteiger partial charge in [0, 0.05) is 0 Å². The summed E-state index contributed by atoms with van der Waals surface area (Å²) in [5, 5.41) is 15.3. The summed E-state index contributed by atoms with van der Waals surface area (Å²) < 4.78 is 5.31. The summed E-state index contributed by atoms with van der Waals surface area (Å²) in [7, 11) is 0. The molecule has 0 heterocycles. The second-order valence-electron chi connectivity index (χ2n) is 2.66. The van der Waals surface area contributed by atoms with E-state index in [1.807, 2.05) is 18.2 Å². The third-order valence-corrected chi connectivity index (χ3v) is 1.40. The van der Waals surface area contributed by atoms with Crippen LogP contribution in [0.4, 0.5) is 4.79 Å². The third-order valence-electron chi connectivity index (χ3n) is 1.40. The zero-order valence-electron chi connectivity index (χ0n) is 8.39. The highest BCUT2D eigenvalue weighted by Crippen LogP contribution is 1.99. The lowest BCUT2D eigenvalue weighted by Crippen LogP contribution is -2.52. The minimum atomic E-state index is -2.08. The van der Waals surface area contributed by atoms with Gasteiger partial charge >= 0.3 is 0 Å². The maximum absolute atomic E-state index is 8.44. The number of rotatable bonds is 4. The van der Waals surface area contributed by atoms with Crippen molar-refractivity contribution in [2.45, 2.75) is 6.61 Å². The van der Waals surface area contributed by atoms with E-state index in [9.17, 15) is 0 Å². The third kappa shape index (κ3) is 10.3. The van der Waals surface area contributed by atoms with Gasteiger partial charge < -0.3 is 25.5 Å². The van der Waals surface area contributed by atoms with E-state index >= 15 is 0 Å². The largest absolute Gasteiger partial charge is 0.565 e. The zero-order valence-corrected chi connectivity index (χ0v) is 8.39. The lowest BCUT2D eigenvalue weighted by Gasteiger charge is -1.99. The Labute approximate surface area is 88.1 Å². The molecule has 84 valence electrons. The van der Waals surface area contributed by atoms with Crippen LogP contribution >= 0.6 is 0 Å². The summed E-state index contributed by atoms with van der Waals surface area (Å²) in [5.74, 6) is 0. The van der Waals surface area contributed by atoms with Crippen molar-refractivity contribution in [3.8, 4) is 0 Å². The highest BCUT2D eigenvalue weighted by molar-refractivity contribution is 5.50. The Bertz CT molecular complexity index is 259. The van der Waals surface area contributed by atoms with E-state index in [1.165, 1.54) is 5.56 Å². The van der Waals surface area contributed by atoms with Gasteiger partial charge in [0.15, 0.2) is 0 Å². The second-order valence-corrected chi connectivity index (χ2v) is 2.66. The first-order chi connectivity index (χ1) is 7.16. The minimum Gasteiger partial charge on any atom is -0.565 e. The summed E-state index contributed by atoms with van der Waals surface area (Å²) >= 11 is 0. The molecule has 1 aromatic carbocycles. The normalized spacial score (nSPS) is 8.87. The molecule has 1 aromatic rings. The van der Waals surface area contributed by atoms with Crippen LogP contribution in [-0.2, 0) is 11.3 Å². The van der Waals surface area contributed by atoms with Gasteiger partial charge in [0.05, 0.1) is 19.8 Å². The van der Waals surface area contributed by atoms with E-state index in [0.29, 0.717) is 6.61 Å². The fourth-order valence-corrected chi connectivity index (χ4v) is 0.866. The molecule has 5 heteroatoms. The first kappa shape index (κ1) is 13.4. The molecule has 0 bridgehead atoms. The number of hydrogen-bond donors (Lipinski definition) is 2. The Kier molecular flexibility index (Phi) is 8.03. The monoisotopic (exact) mass is 213 g/mol. The average Bonchev–Trinajstić information content (AvgIpc) is 2.19. The molecular weight excluding hydrogens is 198 g/mol. The van der Waals surface area contributed by atoms with Gasteiger partial charge in [-0.15, -0.1) is 0 Å². The Morgan fingerprint density at radius 3 is 2.40 bits per heavy atom. The van der Waals surface area contributed by atoms with Crippen LogP contribution in [-0.4, -0.2) is 24.4 Å². The number of quaternary nitrogens is 1. The average molecular weight is 213 g/mol. The molecule has 0 saturated carbocycles. The zero-order chi connectivity index (χ0) is 11.5. The number of benzene rings is 1. The summed E-state index contributed by atoms with van der Waals surface area (Å²) in [5.41, 5.74) is 4.91. The minimum absolute atomic E-state index is 0.705. The van der Waals surface area contributed by atoms with Crippen LogP contribution in [0, 0.1) is 0 Å². The number of hydrogen-bond acceptors (Lipinski definition) is 3. The van der Waals surface area contributed by atoms with Gasteiger partial charge in [-0.05, 0) is 5.56 Å². The molecule has 0 aliphatic heterocycles. The molecule has 4 N–H and O–H groups in total. The van der Waals surface area contributed by atoms with E-state index in [4.69, 9.17) is 19.7 Å². The van der Waals surface area contributed by atoms with E-state index < -0.39 is 6.16 Å². The first-order valence-corrected chi connectivity index (χ1v) is 4.47. The van der Waals surface area contributed by atoms with Crippen LogP contribution in [0.1, 0.15) is 5.56 Å². The molecule has 0 radical (unpaired) electrons. The van der Waals surface area contributed by atoms with Gasteiger partial charge in [0.25, 0.3) is 0 Å². The van der Waals surface area contributed by atoms with E-state index in [1.54, 1.807) is 0 Å². The molecule has 0 unspecified atom stereocenters. The predicted molar refractivity (Wildman–Crippen MR) is 51.9 cm³/mol. The summed E-state index contributed by atoms with van der Waals surface area (Å²) in [6.07, 6.45) is -2.08. The van der Waals surface area contributed by atoms with Crippen molar-refractivity contribution in [1.29, 1.82) is 0 Å². The SMILES string of the molecule is O=C([O-])O.[NH3+]CCOCc1ccccc1. The molecule has 0 aliphatic rings. The Morgan fingerprint density at radius 2 is 1.93 bits per heavy atom. The molecule has 0 fully saturated rings. The van der Waals surface area contributed by atoms with Crippen molar-refractivity contribution >= 4 is 6.16 Å². The van der Waals surface area contributed by atoms with Crippen molar-refractivity contribution in [3.63, 3.8) is 0 Å². The van der Waals surface area contributed by atoms with Crippen LogP contribution in [0.2, 0.25) is 0 Å². The Balaban J connectivity index is 0.000000423. The van der Waals surface area contributed by atoms with Crippen molar-refractivity contribution in [1.82, 2.24) is 0 Å². The number of ether oxygens (including phenoxy) is 1. The molecule has 5 nitrogen and oxygen atoms in total. The molecule has 0 amide bonds. The maximum Gasteiger partial charge on any atom is 0.249 e. The summed E-state index contributed by atoms with van der Waals surface area (Å²) in [6.45, 7) is 2.29. The van der Waals surface area contributed by atoms with Gasteiger partial charge in [-0.25, -0.2) is 0 Å². The van der Waals surface area contributed by atoms with Crippen LogP contribution in [0.25, 0.3) is 0 Å². The quantitative estimate of drug-likeness (QED) is 0.648. The molecule has 0 spiro atoms. The Hall–Kier alpha value is -1.59. The number of carbonyl (C=O) groups is 1. The van der Waals surface area contributed by atoms with Gasteiger partial charge in [-0.3, -0.25) is 0 Å². The van der Waals surface area contributed by atoms with Gasteiger partial charge in [0.1, 0.15) is 0 Å². The summed E-state index contributed by atoms with van der Waals surface area (Å²) in [6, 6.07) is 10.2. The molecule has 0 aliphatic carbocycles. The fraction of sp³-hybridized carbons (Fsp3) is 0.300.